The van der Waals surface area contributed by atoms with E-state index in [4.69, 9.17) is 0 Å². The minimum Gasteiger partial charge on any atom is -0.550 e. The third kappa shape index (κ3) is 3.68. The largest absolute Gasteiger partial charge is 0.550 e. The summed E-state index contributed by atoms with van der Waals surface area (Å²) in [4.78, 5) is 26.5. The van der Waals surface area contributed by atoms with Gasteiger partial charge >= 0.3 is 0 Å². The minimum atomic E-state index is -1.02. The molecule has 4 nitrogen and oxygen atoms in total. The zero-order valence-electron chi connectivity index (χ0n) is 14.7. The summed E-state index contributed by atoms with van der Waals surface area (Å²) in [5, 5.41) is 11.3. The molecule has 0 saturated heterocycles. The predicted octanol–water partition coefficient (Wildman–Crippen LogP) is 3.06. The predicted molar refractivity (Wildman–Crippen MR) is 94.5 cm³/mol. The molecule has 0 aromatic heterocycles. The molecule has 4 heteroatoms. The van der Waals surface area contributed by atoms with E-state index in [9.17, 15) is 14.7 Å². The number of carbonyl (C=O) groups is 2. The molecule has 3 rings (SSSR count). The molecule has 0 amide bonds. The molecule has 132 valence electrons. The van der Waals surface area contributed by atoms with E-state index in [0.29, 0.717) is 24.9 Å². The van der Waals surface area contributed by atoms with Gasteiger partial charge < -0.3 is 14.8 Å². The molecule has 1 aromatic rings. The van der Waals surface area contributed by atoms with Crippen LogP contribution in [0.3, 0.4) is 0 Å². The summed E-state index contributed by atoms with van der Waals surface area (Å²) in [6.07, 6.45) is 6.78. The highest BCUT2D eigenvalue weighted by atomic mass is 16.4. The molecule has 0 saturated carbocycles. The Morgan fingerprint density at radius 1 is 1.24 bits per heavy atom. The second-order valence-corrected chi connectivity index (χ2v) is 6.81. The number of hydrogen-bond donors (Lipinski definition) is 0. The summed E-state index contributed by atoms with van der Waals surface area (Å²) in [5.74, 6) is -1.53. The van der Waals surface area contributed by atoms with Crippen LogP contribution in [-0.4, -0.2) is 23.2 Å². The summed E-state index contributed by atoms with van der Waals surface area (Å²) in [7, 11) is 0. The maximum absolute atomic E-state index is 13.1. The lowest BCUT2D eigenvalue weighted by atomic mass is 9.98. The first-order valence-electron chi connectivity index (χ1n) is 9.12. The van der Waals surface area contributed by atoms with Crippen LogP contribution in [0.1, 0.15) is 55.8 Å². The quantitative estimate of drug-likeness (QED) is 0.748. The van der Waals surface area contributed by atoms with Crippen molar-refractivity contribution in [2.45, 2.75) is 45.4 Å². The van der Waals surface area contributed by atoms with Crippen LogP contribution in [0.2, 0.25) is 0 Å². The summed E-state index contributed by atoms with van der Waals surface area (Å²) in [6.45, 7) is 2.83. The van der Waals surface area contributed by atoms with E-state index in [-0.39, 0.29) is 5.78 Å². The number of aliphatic carboxylic acids is 1. The monoisotopic (exact) mass is 338 g/mol. The van der Waals surface area contributed by atoms with E-state index in [1.807, 2.05) is 30.3 Å². The van der Waals surface area contributed by atoms with Crippen LogP contribution in [0.15, 0.2) is 53.4 Å². The van der Waals surface area contributed by atoms with Gasteiger partial charge in [0.05, 0.1) is 5.70 Å². The molecule has 1 atom stereocenters. The average molecular weight is 338 g/mol. The van der Waals surface area contributed by atoms with Crippen LogP contribution in [0, 0.1) is 5.92 Å². The van der Waals surface area contributed by atoms with Crippen molar-refractivity contribution in [1.82, 2.24) is 4.90 Å². The van der Waals surface area contributed by atoms with Gasteiger partial charge in [0, 0.05) is 36.1 Å². The first-order chi connectivity index (χ1) is 12.1. The lowest BCUT2D eigenvalue weighted by Gasteiger charge is -2.22. The summed E-state index contributed by atoms with van der Waals surface area (Å²) in [6, 6.07) is 9.34. The number of unbranched alkanes of at least 4 members (excludes halogenated alkanes) is 1. The van der Waals surface area contributed by atoms with Crippen LogP contribution in [0.4, 0.5) is 0 Å². The zero-order valence-corrected chi connectivity index (χ0v) is 14.7. The molecule has 0 N–H and O–H groups in total. The lowest BCUT2D eigenvalue weighted by molar-refractivity contribution is -0.309. The summed E-state index contributed by atoms with van der Waals surface area (Å²) in [5.41, 5.74) is 3.55. The van der Waals surface area contributed by atoms with Crippen molar-refractivity contribution in [3.63, 3.8) is 0 Å². The van der Waals surface area contributed by atoms with Crippen molar-refractivity contribution in [3.8, 4) is 0 Å². The van der Waals surface area contributed by atoms with E-state index < -0.39 is 11.9 Å². The Bertz CT molecular complexity index is 718. The number of nitrogens with zero attached hydrogens (tertiary/aromatic N) is 1. The molecular weight excluding hydrogens is 314 g/mol. The number of allylic oxidation sites excluding steroid dienone is 2. The van der Waals surface area contributed by atoms with Crippen molar-refractivity contribution < 1.29 is 14.7 Å². The minimum absolute atomic E-state index is 0.0435. The Labute approximate surface area is 148 Å². The number of ketones is 1. The fourth-order valence-electron chi connectivity index (χ4n) is 3.71. The summed E-state index contributed by atoms with van der Waals surface area (Å²) >= 11 is 0. The van der Waals surface area contributed by atoms with E-state index in [1.165, 1.54) is 0 Å². The Balaban J connectivity index is 1.97. The molecule has 1 unspecified atom stereocenters. The highest BCUT2D eigenvalue weighted by Crippen LogP contribution is 2.39. The van der Waals surface area contributed by atoms with Crippen molar-refractivity contribution in [1.29, 1.82) is 0 Å². The number of Topliss-reactive ketones (excluding diaryl/α,β-unsaturated/α-hetero) is 1. The number of carboxylic acids is 1. The van der Waals surface area contributed by atoms with Gasteiger partial charge in [-0.1, -0.05) is 49.8 Å². The maximum Gasteiger partial charge on any atom is 0.209 e. The Morgan fingerprint density at radius 2 is 2.00 bits per heavy atom. The van der Waals surface area contributed by atoms with Gasteiger partial charge in [-0.05, 0) is 31.3 Å². The fraction of sp³-hybridized carbons (Fsp3) is 0.429. The molecular formula is C21H24NO3-. The van der Waals surface area contributed by atoms with E-state index in [1.54, 1.807) is 6.08 Å². The third-order valence-corrected chi connectivity index (χ3v) is 5.02. The molecule has 0 spiro atoms. The van der Waals surface area contributed by atoms with E-state index in [2.05, 4.69) is 11.8 Å². The van der Waals surface area contributed by atoms with Crippen molar-refractivity contribution in [3.05, 3.63) is 58.9 Å². The maximum atomic E-state index is 13.1. The summed E-state index contributed by atoms with van der Waals surface area (Å²) < 4.78 is 0. The Hall–Kier alpha value is -2.36. The van der Waals surface area contributed by atoms with Crippen LogP contribution >= 0.6 is 0 Å². The molecule has 0 radical (unpaired) electrons. The number of benzene rings is 1. The van der Waals surface area contributed by atoms with Crippen molar-refractivity contribution in [2.75, 3.05) is 6.54 Å². The van der Waals surface area contributed by atoms with Crippen molar-refractivity contribution in [2.24, 2.45) is 5.92 Å². The van der Waals surface area contributed by atoms with Crippen molar-refractivity contribution >= 4 is 11.8 Å². The van der Waals surface area contributed by atoms with Gasteiger partial charge in [-0.3, -0.25) is 4.79 Å². The van der Waals surface area contributed by atoms with Gasteiger partial charge in [0.25, 0.3) is 0 Å². The highest BCUT2D eigenvalue weighted by Gasteiger charge is 2.33. The number of hydrogen-bond acceptors (Lipinski definition) is 4. The van der Waals surface area contributed by atoms with Crippen LogP contribution in [0.25, 0.3) is 0 Å². The molecule has 0 bridgehead atoms. The highest BCUT2D eigenvalue weighted by molar-refractivity contribution is 6.09. The lowest BCUT2D eigenvalue weighted by Crippen LogP contribution is -2.30. The zero-order chi connectivity index (χ0) is 17.8. The van der Waals surface area contributed by atoms with Gasteiger partial charge in [-0.2, -0.15) is 0 Å². The first kappa shape index (κ1) is 17.5. The smallest absolute Gasteiger partial charge is 0.209 e. The molecule has 25 heavy (non-hydrogen) atoms. The average Bonchev–Trinajstić information content (AvgIpc) is 2.82. The third-order valence-electron chi connectivity index (χ3n) is 5.02. The Kier molecular flexibility index (Phi) is 5.37. The van der Waals surface area contributed by atoms with Crippen LogP contribution in [-0.2, 0) is 4.79 Å². The van der Waals surface area contributed by atoms with Gasteiger partial charge in [-0.15, -0.1) is 0 Å². The standard InChI is InChI=1S/C21H25NO3/c1-2-3-8-16-13-18-14-17(21(24)25)11-7-12-22(18)19(16)20(23)15-9-5-4-6-10-15/h4-6,9-10,14,17H,2-3,7-8,11-13H2,1H3,(H,24,25)/p-1. The second kappa shape index (κ2) is 7.68. The topological polar surface area (TPSA) is 60.4 Å². The number of rotatable bonds is 6. The van der Waals surface area contributed by atoms with Crippen LogP contribution < -0.4 is 5.11 Å². The number of carboxylic acid groups (broad SMARTS) is 1. The SMILES string of the molecule is CCCCC1=C(C(=O)c2ccccc2)N2CCCC(C(=O)[O-])C=C2C1. The van der Waals surface area contributed by atoms with Gasteiger partial charge in [0.2, 0.25) is 5.78 Å². The van der Waals surface area contributed by atoms with Gasteiger partial charge in [0.1, 0.15) is 0 Å². The second-order valence-electron chi connectivity index (χ2n) is 6.81. The molecule has 0 fully saturated rings. The first-order valence-corrected chi connectivity index (χ1v) is 9.12. The normalized spacial score (nSPS) is 20.1. The molecule has 2 aliphatic heterocycles. The molecule has 0 aliphatic carbocycles. The van der Waals surface area contributed by atoms with Gasteiger partial charge in [-0.25, -0.2) is 0 Å². The van der Waals surface area contributed by atoms with Gasteiger partial charge in [0.15, 0.2) is 0 Å². The van der Waals surface area contributed by atoms with E-state index in [0.717, 1.165) is 42.7 Å². The molecule has 2 heterocycles. The van der Waals surface area contributed by atoms with E-state index >= 15 is 0 Å². The molecule has 1 aromatic carbocycles. The molecule has 2 aliphatic rings. The number of fused-ring (bicyclic) bond motifs is 1. The van der Waals surface area contributed by atoms with Crippen LogP contribution in [0.5, 0.6) is 0 Å². The Morgan fingerprint density at radius 3 is 2.68 bits per heavy atom. The number of carbonyl (C=O) groups excluding carboxylic acids is 2. The fourth-order valence-corrected chi connectivity index (χ4v) is 3.71.